The maximum absolute atomic E-state index is 6.16. The van der Waals surface area contributed by atoms with Crippen LogP contribution >= 0.6 is 0 Å². The van der Waals surface area contributed by atoms with Crippen molar-refractivity contribution in [3.8, 4) is 5.75 Å². The first-order valence-electron chi connectivity index (χ1n) is 10.3. The van der Waals surface area contributed by atoms with Crippen molar-refractivity contribution >= 4 is 10.9 Å². The third-order valence-electron chi connectivity index (χ3n) is 6.04. The Kier molecular flexibility index (Phi) is 6.01. The largest absolute Gasteiger partial charge is 0.496 e. The minimum Gasteiger partial charge on any atom is -0.496 e. The van der Waals surface area contributed by atoms with E-state index in [9.17, 15) is 0 Å². The Balaban J connectivity index is 1.33. The molecule has 1 N–H and O–H groups in total. The fourth-order valence-electron chi connectivity index (χ4n) is 4.42. The van der Waals surface area contributed by atoms with Crippen molar-refractivity contribution in [3.63, 3.8) is 0 Å². The van der Waals surface area contributed by atoms with Crippen LogP contribution in [0.25, 0.3) is 10.9 Å². The number of likely N-dealkylation sites (tertiary alicyclic amines) is 1. The Bertz CT molecular complexity index is 743. The number of hydrogen-bond acceptors (Lipinski definition) is 4. The summed E-state index contributed by atoms with van der Waals surface area (Å²) in [6.45, 7) is 6.86. The number of piperidine rings is 1. The SMILES string of the molecule is COc1cc(C)c2[nH]ccc2c1CN1CCC(OCC2CCCCO2)CC1. The number of aromatic nitrogens is 1. The molecule has 2 aliphatic rings. The first kappa shape index (κ1) is 18.8. The number of nitrogens with zero attached hydrogens (tertiary/aromatic N) is 1. The summed E-state index contributed by atoms with van der Waals surface area (Å²) in [5.41, 5.74) is 3.73. The second-order valence-electron chi connectivity index (χ2n) is 7.94. The second kappa shape index (κ2) is 8.63. The van der Waals surface area contributed by atoms with E-state index >= 15 is 0 Å². The van der Waals surface area contributed by atoms with Crippen molar-refractivity contribution in [1.82, 2.24) is 9.88 Å². The molecule has 0 radical (unpaired) electrons. The molecule has 5 heteroatoms. The van der Waals surface area contributed by atoms with Gasteiger partial charge in [0.2, 0.25) is 0 Å². The van der Waals surface area contributed by atoms with Crippen molar-refractivity contribution in [2.24, 2.45) is 0 Å². The molecule has 1 aromatic carbocycles. The Morgan fingerprint density at radius 3 is 2.81 bits per heavy atom. The number of rotatable bonds is 6. The molecule has 1 atom stereocenters. The average molecular weight is 373 g/mol. The highest BCUT2D eigenvalue weighted by atomic mass is 16.5. The summed E-state index contributed by atoms with van der Waals surface area (Å²) in [7, 11) is 1.77. The lowest BCUT2D eigenvalue weighted by Crippen LogP contribution is -2.38. The van der Waals surface area contributed by atoms with Crippen LogP contribution in [0.15, 0.2) is 18.3 Å². The van der Waals surface area contributed by atoms with E-state index in [1.54, 1.807) is 7.11 Å². The lowest BCUT2D eigenvalue weighted by molar-refractivity contribution is -0.0753. The van der Waals surface area contributed by atoms with Crippen molar-refractivity contribution in [2.45, 2.75) is 57.8 Å². The summed E-state index contributed by atoms with van der Waals surface area (Å²) in [4.78, 5) is 5.89. The summed E-state index contributed by atoms with van der Waals surface area (Å²) in [5.74, 6) is 0.993. The number of methoxy groups -OCH3 is 1. The quantitative estimate of drug-likeness (QED) is 0.831. The van der Waals surface area contributed by atoms with Gasteiger partial charge in [0.15, 0.2) is 0 Å². The van der Waals surface area contributed by atoms with Gasteiger partial charge in [0.05, 0.1) is 25.9 Å². The van der Waals surface area contributed by atoms with Gasteiger partial charge in [-0.2, -0.15) is 0 Å². The van der Waals surface area contributed by atoms with Gasteiger partial charge in [0.25, 0.3) is 0 Å². The minimum absolute atomic E-state index is 0.315. The number of nitrogens with one attached hydrogen (secondary N) is 1. The van der Waals surface area contributed by atoms with E-state index in [0.717, 1.165) is 57.9 Å². The van der Waals surface area contributed by atoms with Gasteiger partial charge in [0.1, 0.15) is 5.75 Å². The predicted molar refractivity (Wildman–Crippen MR) is 107 cm³/mol. The van der Waals surface area contributed by atoms with Crippen LogP contribution in [0, 0.1) is 6.92 Å². The second-order valence-corrected chi connectivity index (χ2v) is 7.94. The fraction of sp³-hybridized carbons (Fsp3) is 0.636. The smallest absolute Gasteiger partial charge is 0.124 e. The molecule has 0 spiro atoms. The maximum Gasteiger partial charge on any atom is 0.124 e. The van der Waals surface area contributed by atoms with Gasteiger partial charge in [-0.15, -0.1) is 0 Å². The first-order chi connectivity index (χ1) is 13.2. The van der Waals surface area contributed by atoms with Crippen molar-refractivity contribution in [1.29, 1.82) is 0 Å². The first-order valence-corrected chi connectivity index (χ1v) is 10.3. The Morgan fingerprint density at radius 1 is 1.22 bits per heavy atom. The van der Waals surface area contributed by atoms with Gasteiger partial charge in [-0.1, -0.05) is 0 Å². The van der Waals surface area contributed by atoms with Crippen LogP contribution in [0.5, 0.6) is 5.75 Å². The Labute approximate surface area is 162 Å². The van der Waals surface area contributed by atoms with Crippen molar-refractivity contribution in [2.75, 3.05) is 33.4 Å². The normalized spacial score (nSPS) is 22.4. The number of hydrogen-bond donors (Lipinski definition) is 1. The van der Waals surface area contributed by atoms with Gasteiger partial charge in [-0.05, 0) is 56.7 Å². The molecule has 2 saturated heterocycles. The highest BCUT2D eigenvalue weighted by Crippen LogP contribution is 2.32. The highest BCUT2D eigenvalue weighted by Gasteiger charge is 2.23. The summed E-state index contributed by atoms with van der Waals surface area (Å²) in [6.07, 6.45) is 8.53. The molecule has 5 nitrogen and oxygen atoms in total. The van der Waals surface area contributed by atoms with Crippen LogP contribution in [-0.2, 0) is 16.0 Å². The molecule has 2 aliphatic heterocycles. The number of fused-ring (bicyclic) bond motifs is 1. The molecule has 0 saturated carbocycles. The van der Waals surface area contributed by atoms with E-state index in [1.807, 2.05) is 6.20 Å². The number of aryl methyl sites for hydroxylation is 1. The summed E-state index contributed by atoms with van der Waals surface area (Å²) < 4.78 is 17.6. The average Bonchev–Trinajstić information content (AvgIpc) is 3.21. The Morgan fingerprint density at radius 2 is 2.07 bits per heavy atom. The molecule has 0 aliphatic carbocycles. The van der Waals surface area contributed by atoms with E-state index in [-0.39, 0.29) is 0 Å². The van der Waals surface area contributed by atoms with Gasteiger partial charge in [0, 0.05) is 48.9 Å². The fourth-order valence-corrected chi connectivity index (χ4v) is 4.42. The zero-order valence-electron chi connectivity index (χ0n) is 16.6. The van der Waals surface area contributed by atoms with Crippen LogP contribution in [0.2, 0.25) is 0 Å². The molecule has 27 heavy (non-hydrogen) atoms. The molecule has 0 bridgehead atoms. The van der Waals surface area contributed by atoms with E-state index in [1.165, 1.54) is 34.9 Å². The number of H-pyrrole nitrogens is 1. The van der Waals surface area contributed by atoms with Crippen LogP contribution in [0.3, 0.4) is 0 Å². The molecule has 4 rings (SSSR count). The van der Waals surface area contributed by atoms with Crippen LogP contribution in [-0.4, -0.2) is 55.5 Å². The third kappa shape index (κ3) is 4.31. The topological polar surface area (TPSA) is 46.7 Å². The predicted octanol–water partition coefficient (Wildman–Crippen LogP) is 4.04. The molecule has 3 heterocycles. The van der Waals surface area contributed by atoms with Crippen LogP contribution in [0.1, 0.15) is 43.2 Å². The van der Waals surface area contributed by atoms with E-state index in [4.69, 9.17) is 14.2 Å². The van der Waals surface area contributed by atoms with Crippen LogP contribution < -0.4 is 4.74 Å². The van der Waals surface area contributed by atoms with Gasteiger partial charge in [-0.3, -0.25) is 4.90 Å². The van der Waals surface area contributed by atoms with Gasteiger partial charge < -0.3 is 19.2 Å². The zero-order valence-corrected chi connectivity index (χ0v) is 16.6. The molecular formula is C22H32N2O3. The zero-order chi connectivity index (χ0) is 18.6. The standard InChI is InChI=1S/C22H32N2O3/c1-16-13-21(25-2)20(19-6-9-23-22(16)19)14-24-10-7-17(8-11-24)27-15-18-5-3-4-12-26-18/h6,9,13,17-18,23H,3-5,7-8,10-12,14-15H2,1-2H3. The van der Waals surface area contributed by atoms with E-state index in [0.29, 0.717) is 12.2 Å². The van der Waals surface area contributed by atoms with Crippen LogP contribution in [0.4, 0.5) is 0 Å². The maximum atomic E-state index is 6.16. The van der Waals surface area contributed by atoms with Crippen molar-refractivity contribution in [3.05, 3.63) is 29.5 Å². The molecular weight excluding hydrogens is 340 g/mol. The Hall–Kier alpha value is -1.56. The lowest BCUT2D eigenvalue weighted by Gasteiger charge is -2.33. The molecule has 1 aromatic heterocycles. The number of ether oxygens (including phenoxy) is 3. The number of aromatic amines is 1. The van der Waals surface area contributed by atoms with E-state index < -0.39 is 0 Å². The van der Waals surface area contributed by atoms with Gasteiger partial charge >= 0.3 is 0 Å². The van der Waals surface area contributed by atoms with Gasteiger partial charge in [-0.25, -0.2) is 0 Å². The van der Waals surface area contributed by atoms with E-state index in [2.05, 4.69) is 28.9 Å². The third-order valence-corrected chi connectivity index (χ3v) is 6.04. The molecule has 1 unspecified atom stereocenters. The molecule has 2 fully saturated rings. The highest BCUT2D eigenvalue weighted by molar-refractivity contribution is 5.88. The monoisotopic (exact) mass is 372 g/mol. The summed E-state index contributed by atoms with van der Waals surface area (Å²) in [6, 6.07) is 4.31. The summed E-state index contributed by atoms with van der Waals surface area (Å²) >= 11 is 0. The summed E-state index contributed by atoms with van der Waals surface area (Å²) in [5, 5.41) is 1.28. The number of benzene rings is 1. The molecule has 148 valence electrons. The minimum atomic E-state index is 0.315. The lowest BCUT2D eigenvalue weighted by atomic mass is 10.0. The molecule has 2 aromatic rings. The van der Waals surface area contributed by atoms with Crippen molar-refractivity contribution < 1.29 is 14.2 Å². The molecule has 0 amide bonds.